The number of benzene rings is 3. The van der Waals surface area contributed by atoms with Crippen molar-refractivity contribution in [1.29, 1.82) is 5.26 Å². The number of rotatable bonds is 8. The van der Waals surface area contributed by atoms with Gasteiger partial charge in [-0.2, -0.15) is 5.26 Å². The summed E-state index contributed by atoms with van der Waals surface area (Å²) in [6, 6.07) is 21.1. The molecular weight excluding hydrogens is 430 g/mol. The number of carbonyl (C=O) groups excluding carboxylic acids is 1. The van der Waals surface area contributed by atoms with E-state index in [9.17, 15) is 10.1 Å². The molecule has 3 rings (SSSR count). The minimum atomic E-state index is -0.577. The standard InChI is InChI=1S/C25H20ClNO5/c1-29-23-11-10-18(14-24(23)30-2)19(15-27)12-17-6-5-7-20(13-17)32-25(28)16-31-22-9-4-3-8-21(22)26/h3-14H,16H2,1-2H3/b19-12-. The topological polar surface area (TPSA) is 77.8 Å². The van der Waals surface area contributed by atoms with E-state index in [0.717, 1.165) is 0 Å². The van der Waals surface area contributed by atoms with Gasteiger partial charge in [0.2, 0.25) is 0 Å². The van der Waals surface area contributed by atoms with Crippen molar-refractivity contribution in [3.8, 4) is 29.1 Å². The maximum Gasteiger partial charge on any atom is 0.349 e. The summed E-state index contributed by atoms with van der Waals surface area (Å²) in [5.74, 6) is 1.24. The van der Waals surface area contributed by atoms with E-state index in [4.69, 9.17) is 30.5 Å². The van der Waals surface area contributed by atoms with E-state index in [1.807, 2.05) is 0 Å². The molecule has 0 aliphatic heterocycles. The normalized spacial score (nSPS) is 10.8. The Morgan fingerprint density at radius 3 is 2.47 bits per heavy atom. The zero-order valence-corrected chi connectivity index (χ0v) is 18.3. The van der Waals surface area contributed by atoms with Crippen molar-refractivity contribution in [2.75, 3.05) is 20.8 Å². The van der Waals surface area contributed by atoms with Crippen LogP contribution in [0.1, 0.15) is 11.1 Å². The summed E-state index contributed by atoms with van der Waals surface area (Å²) in [6.07, 6.45) is 1.69. The third-order valence-corrected chi connectivity index (χ3v) is 4.71. The van der Waals surface area contributed by atoms with E-state index < -0.39 is 5.97 Å². The lowest BCUT2D eigenvalue weighted by Gasteiger charge is -2.10. The Hall–Kier alpha value is -3.95. The van der Waals surface area contributed by atoms with Gasteiger partial charge in [-0.15, -0.1) is 0 Å². The molecule has 0 aliphatic rings. The number of allylic oxidation sites excluding steroid dienone is 1. The van der Waals surface area contributed by atoms with Crippen LogP contribution in [0.3, 0.4) is 0 Å². The quantitative estimate of drug-likeness (QED) is 0.198. The number of carbonyl (C=O) groups is 1. The molecule has 0 fully saturated rings. The highest BCUT2D eigenvalue weighted by Crippen LogP contribution is 2.31. The second kappa shape index (κ2) is 10.9. The van der Waals surface area contributed by atoms with Gasteiger partial charge in [0.25, 0.3) is 0 Å². The molecule has 0 amide bonds. The summed E-state index contributed by atoms with van der Waals surface area (Å²) < 4.78 is 21.3. The lowest BCUT2D eigenvalue weighted by atomic mass is 10.0. The number of nitrogens with zero attached hydrogens (tertiary/aromatic N) is 1. The summed E-state index contributed by atoms with van der Waals surface area (Å²) >= 11 is 6.01. The van der Waals surface area contributed by atoms with Gasteiger partial charge in [-0.1, -0.05) is 35.9 Å². The Morgan fingerprint density at radius 2 is 1.75 bits per heavy atom. The highest BCUT2D eigenvalue weighted by atomic mass is 35.5. The SMILES string of the molecule is COc1ccc(/C(C#N)=C\c2cccc(OC(=O)COc3ccccc3Cl)c2)cc1OC. The molecule has 0 saturated carbocycles. The number of halogens is 1. The van der Waals surface area contributed by atoms with Crippen LogP contribution < -0.4 is 18.9 Å². The molecule has 0 atom stereocenters. The van der Waals surface area contributed by atoms with E-state index in [-0.39, 0.29) is 6.61 Å². The van der Waals surface area contributed by atoms with Crippen molar-refractivity contribution in [1.82, 2.24) is 0 Å². The maximum atomic E-state index is 12.2. The van der Waals surface area contributed by atoms with E-state index in [1.54, 1.807) is 79.9 Å². The smallest absolute Gasteiger partial charge is 0.349 e. The van der Waals surface area contributed by atoms with Gasteiger partial charge in [0.15, 0.2) is 18.1 Å². The third kappa shape index (κ3) is 5.81. The summed E-state index contributed by atoms with van der Waals surface area (Å²) in [5, 5.41) is 10.1. The average Bonchev–Trinajstić information content (AvgIpc) is 2.81. The number of ether oxygens (including phenoxy) is 4. The highest BCUT2D eigenvalue weighted by Gasteiger charge is 2.10. The molecule has 7 heteroatoms. The van der Waals surface area contributed by atoms with Gasteiger partial charge >= 0.3 is 5.97 Å². The van der Waals surface area contributed by atoms with E-state index in [0.29, 0.717) is 44.7 Å². The second-order valence-electron chi connectivity index (χ2n) is 6.51. The minimum Gasteiger partial charge on any atom is -0.493 e. The number of hydrogen-bond donors (Lipinski definition) is 0. The first kappa shape index (κ1) is 22.7. The zero-order chi connectivity index (χ0) is 22.9. The Labute approximate surface area is 191 Å². The van der Waals surface area contributed by atoms with Crippen LogP contribution >= 0.6 is 11.6 Å². The fraction of sp³-hybridized carbons (Fsp3) is 0.120. The molecule has 0 spiro atoms. The minimum absolute atomic E-state index is 0.293. The Balaban J connectivity index is 1.73. The lowest BCUT2D eigenvalue weighted by molar-refractivity contribution is -0.136. The zero-order valence-electron chi connectivity index (χ0n) is 17.5. The van der Waals surface area contributed by atoms with Gasteiger partial charge in [0.1, 0.15) is 11.5 Å². The number of hydrogen-bond acceptors (Lipinski definition) is 6. The molecule has 3 aromatic rings. The van der Waals surface area contributed by atoms with Crippen LogP contribution in [0.25, 0.3) is 11.6 Å². The highest BCUT2D eigenvalue weighted by molar-refractivity contribution is 6.32. The van der Waals surface area contributed by atoms with Gasteiger partial charge in [0.05, 0.1) is 30.9 Å². The van der Waals surface area contributed by atoms with Crippen molar-refractivity contribution >= 4 is 29.2 Å². The molecule has 0 aliphatic carbocycles. The average molecular weight is 450 g/mol. The van der Waals surface area contributed by atoms with Gasteiger partial charge in [-0.25, -0.2) is 4.79 Å². The number of esters is 1. The van der Waals surface area contributed by atoms with Crippen molar-refractivity contribution in [2.24, 2.45) is 0 Å². The van der Waals surface area contributed by atoms with E-state index >= 15 is 0 Å². The molecule has 6 nitrogen and oxygen atoms in total. The molecule has 0 unspecified atom stereocenters. The maximum absolute atomic E-state index is 12.2. The largest absolute Gasteiger partial charge is 0.493 e. The molecule has 0 bridgehead atoms. The van der Waals surface area contributed by atoms with Gasteiger partial charge in [0, 0.05) is 0 Å². The van der Waals surface area contributed by atoms with Crippen molar-refractivity contribution in [3.05, 3.63) is 82.9 Å². The first-order valence-electron chi connectivity index (χ1n) is 9.56. The fourth-order valence-corrected chi connectivity index (χ4v) is 3.07. The fourth-order valence-electron chi connectivity index (χ4n) is 2.88. The molecule has 32 heavy (non-hydrogen) atoms. The Morgan fingerprint density at radius 1 is 0.969 bits per heavy atom. The van der Waals surface area contributed by atoms with Gasteiger partial charge < -0.3 is 18.9 Å². The van der Waals surface area contributed by atoms with Crippen LogP contribution in [0.2, 0.25) is 5.02 Å². The molecule has 3 aromatic carbocycles. The lowest BCUT2D eigenvalue weighted by Crippen LogP contribution is -2.17. The number of para-hydroxylation sites is 1. The summed E-state index contributed by atoms with van der Waals surface area (Å²) in [4.78, 5) is 12.2. The first-order chi connectivity index (χ1) is 15.5. The molecule has 0 radical (unpaired) electrons. The summed E-state index contributed by atoms with van der Waals surface area (Å²) in [5.41, 5.74) is 1.77. The van der Waals surface area contributed by atoms with Crippen molar-refractivity contribution in [3.63, 3.8) is 0 Å². The van der Waals surface area contributed by atoms with Crippen LogP contribution in [0.15, 0.2) is 66.7 Å². The first-order valence-corrected chi connectivity index (χ1v) is 9.94. The molecule has 0 saturated heterocycles. The van der Waals surface area contributed by atoms with E-state index in [1.165, 1.54) is 7.11 Å². The van der Waals surface area contributed by atoms with Crippen LogP contribution in [-0.2, 0) is 4.79 Å². The van der Waals surface area contributed by atoms with Crippen LogP contribution in [0.5, 0.6) is 23.0 Å². The van der Waals surface area contributed by atoms with Crippen LogP contribution in [0, 0.1) is 11.3 Å². The second-order valence-corrected chi connectivity index (χ2v) is 6.91. The van der Waals surface area contributed by atoms with Crippen LogP contribution in [0.4, 0.5) is 0 Å². The molecule has 0 N–H and O–H groups in total. The van der Waals surface area contributed by atoms with Crippen molar-refractivity contribution in [2.45, 2.75) is 0 Å². The number of methoxy groups -OCH3 is 2. The predicted octanol–water partition coefficient (Wildman–Crippen LogP) is 5.41. The molecular formula is C25H20ClNO5. The summed E-state index contributed by atoms with van der Waals surface area (Å²) in [6.45, 7) is -0.293. The van der Waals surface area contributed by atoms with Gasteiger partial charge in [-0.3, -0.25) is 0 Å². The predicted molar refractivity (Wildman–Crippen MR) is 122 cm³/mol. The van der Waals surface area contributed by atoms with Gasteiger partial charge in [-0.05, 0) is 59.7 Å². The van der Waals surface area contributed by atoms with Crippen molar-refractivity contribution < 1.29 is 23.7 Å². The van der Waals surface area contributed by atoms with E-state index in [2.05, 4.69) is 6.07 Å². The van der Waals surface area contributed by atoms with Crippen LogP contribution in [-0.4, -0.2) is 26.8 Å². The molecule has 162 valence electrons. The Kier molecular flexibility index (Phi) is 7.74. The Bertz CT molecular complexity index is 1180. The molecule has 0 heterocycles. The summed E-state index contributed by atoms with van der Waals surface area (Å²) in [7, 11) is 3.08. The monoisotopic (exact) mass is 449 g/mol. The third-order valence-electron chi connectivity index (χ3n) is 4.40. The molecule has 0 aromatic heterocycles. The number of nitriles is 1.